The molecule has 1 aromatic rings. The fourth-order valence-electron chi connectivity index (χ4n) is 1.80. The Morgan fingerprint density at radius 3 is 3.00 bits per heavy atom. The predicted octanol–water partition coefficient (Wildman–Crippen LogP) is 2.59. The molecule has 76 valence electrons. The first kappa shape index (κ1) is 9.53. The Morgan fingerprint density at radius 1 is 1.43 bits per heavy atom. The Morgan fingerprint density at radius 2 is 2.29 bits per heavy atom. The highest BCUT2D eigenvalue weighted by molar-refractivity contribution is 5.50. The lowest BCUT2D eigenvalue weighted by atomic mass is 10.2. The van der Waals surface area contributed by atoms with Crippen molar-refractivity contribution in [1.29, 1.82) is 0 Å². The van der Waals surface area contributed by atoms with E-state index in [0.717, 1.165) is 13.2 Å². The summed E-state index contributed by atoms with van der Waals surface area (Å²) in [6.45, 7) is 3.99. The minimum atomic E-state index is 0.412. The SMILES string of the molecule is Cc1ccccc1NC[C@@H]1CCCO1. The second-order valence-electron chi connectivity index (χ2n) is 3.83. The van der Waals surface area contributed by atoms with Crippen LogP contribution in [0.25, 0.3) is 0 Å². The molecule has 0 unspecified atom stereocenters. The number of para-hydroxylation sites is 1. The van der Waals surface area contributed by atoms with Gasteiger partial charge in [-0.15, -0.1) is 0 Å². The van der Waals surface area contributed by atoms with Gasteiger partial charge in [-0.1, -0.05) is 18.2 Å². The van der Waals surface area contributed by atoms with E-state index >= 15 is 0 Å². The van der Waals surface area contributed by atoms with Crippen LogP contribution in [0.1, 0.15) is 18.4 Å². The molecule has 1 aliphatic heterocycles. The van der Waals surface area contributed by atoms with Crippen molar-refractivity contribution in [1.82, 2.24) is 0 Å². The molecule has 14 heavy (non-hydrogen) atoms. The van der Waals surface area contributed by atoms with Crippen LogP contribution >= 0.6 is 0 Å². The Labute approximate surface area is 85.3 Å². The molecule has 0 saturated carbocycles. The Hall–Kier alpha value is -1.02. The van der Waals surface area contributed by atoms with Gasteiger partial charge in [-0.05, 0) is 31.4 Å². The predicted molar refractivity (Wildman–Crippen MR) is 58.6 cm³/mol. The molecular weight excluding hydrogens is 174 g/mol. The van der Waals surface area contributed by atoms with E-state index < -0.39 is 0 Å². The van der Waals surface area contributed by atoms with Crippen LogP contribution in [0, 0.1) is 6.92 Å². The van der Waals surface area contributed by atoms with Crippen LogP contribution in [0.3, 0.4) is 0 Å². The molecule has 2 nitrogen and oxygen atoms in total. The summed E-state index contributed by atoms with van der Waals surface area (Å²) in [5, 5.41) is 3.43. The number of ether oxygens (including phenoxy) is 1. The highest BCUT2D eigenvalue weighted by atomic mass is 16.5. The van der Waals surface area contributed by atoms with Gasteiger partial charge in [0, 0.05) is 18.8 Å². The summed E-state index contributed by atoms with van der Waals surface area (Å²) in [6.07, 6.45) is 2.81. The molecule has 1 aromatic carbocycles. The van der Waals surface area contributed by atoms with Gasteiger partial charge in [0.1, 0.15) is 0 Å². The van der Waals surface area contributed by atoms with Crippen LogP contribution in [0.4, 0.5) is 5.69 Å². The van der Waals surface area contributed by atoms with E-state index in [1.54, 1.807) is 0 Å². The third kappa shape index (κ3) is 2.26. The summed E-state index contributed by atoms with van der Waals surface area (Å²) < 4.78 is 5.55. The molecule has 1 heterocycles. The van der Waals surface area contributed by atoms with Crippen molar-refractivity contribution < 1.29 is 4.74 Å². The summed E-state index contributed by atoms with van der Waals surface area (Å²) in [6, 6.07) is 8.36. The molecule has 0 bridgehead atoms. The highest BCUT2D eigenvalue weighted by Crippen LogP contribution is 2.16. The molecule has 1 aliphatic rings. The average molecular weight is 191 g/mol. The zero-order chi connectivity index (χ0) is 9.80. The lowest BCUT2D eigenvalue weighted by molar-refractivity contribution is 0.120. The van der Waals surface area contributed by atoms with Crippen molar-refractivity contribution in [3.63, 3.8) is 0 Å². The normalized spacial score (nSPS) is 21.1. The van der Waals surface area contributed by atoms with E-state index in [1.807, 2.05) is 0 Å². The maximum absolute atomic E-state index is 5.55. The Bertz CT molecular complexity index is 292. The highest BCUT2D eigenvalue weighted by Gasteiger charge is 2.14. The second-order valence-corrected chi connectivity index (χ2v) is 3.83. The van der Waals surface area contributed by atoms with E-state index in [4.69, 9.17) is 4.74 Å². The number of hydrogen-bond donors (Lipinski definition) is 1. The van der Waals surface area contributed by atoms with Gasteiger partial charge in [-0.3, -0.25) is 0 Å². The first-order valence-electron chi connectivity index (χ1n) is 5.27. The molecule has 0 aliphatic carbocycles. The topological polar surface area (TPSA) is 21.3 Å². The van der Waals surface area contributed by atoms with E-state index in [0.29, 0.717) is 6.10 Å². The molecule has 1 saturated heterocycles. The summed E-state index contributed by atoms with van der Waals surface area (Å²) in [4.78, 5) is 0. The van der Waals surface area contributed by atoms with Gasteiger partial charge in [-0.2, -0.15) is 0 Å². The number of aryl methyl sites for hydroxylation is 1. The maximum atomic E-state index is 5.55. The molecule has 2 rings (SSSR count). The largest absolute Gasteiger partial charge is 0.382 e. The molecule has 1 fully saturated rings. The van der Waals surface area contributed by atoms with Crippen LogP contribution < -0.4 is 5.32 Å². The summed E-state index contributed by atoms with van der Waals surface area (Å²) in [5.41, 5.74) is 2.52. The second kappa shape index (κ2) is 4.47. The number of rotatable bonds is 3. The van der Waals surface area contributed by atoms with Crippen molar-refractivity contribution in [3.05, 3.63) is 29.8 Å². The number of nitrogens with one attached hydrogen (secondary N) is 1. The van der Waals surface area contributed by atoms with Gasteiger partial charge in [0.25, 0.3) is 0 Å². The van der Waals surface area contributed by atoms with Gasteiger partial charge < -0.3 is 10.1 Å². The van der Waals surface area contributed by atoms with Gasteiger partial charge >= 0.3 is 0 Å². The lowest BCUT2D eigenvalue weighted by Gasteiger charge is -2.13. The van der Waals surface area contributed by atoms with E-state index in [-0.39, 0.29) is 0 Å². The van der Waals surface area contributed by atoms with Crippen LogP contribution in [0.5, 0.6) is 0 Å². The molecule has 2 heteroatoms. The zero-order valence-electron chi connectivity index (χ0n) is 8.62. The van der Waals surface area contributed by atoms with E-state index in [2.05, 4.69) is 36.5 Å². The van der Waals surface area contributed by atoms with Crippen LogP contribution in [0.2, 0.25) is 0 Å². The van der Waals surface area contributed by atoms with Crippen LogP contribution in [-0.4, -0.2) is 19.3 Å². The zero-order valence-corrected chi connectivity index (χ0v) is 8.62. The van der Waals surface area contributed by atoms with Crippen molar-refractivity contribution in [3.8, 4) is 0 Å². The molecule has 1 N–H and O–H groups in total. The fraction of sp³-hybridized carbons (Fsp3) is 0.500. The number of anilines is 1. The van der Waals surface area contributed by atoms with E-state index in [1.165, 1.54) is 24.1 Å². The Kier molecular flexibility index (Phi) is 3.04. The number of hydrogen-bond acceptors (Lipinski definition) is 2. The third-order valence-corrected chi connectivity index (χ3v) is 2.69. The first-order valence-corrected chi connectivity index (χ1v) is 5.27. The average Bonchev–Trinajstić information content (AvgIpc) is 2.69. The molecule has 1 atom stereocenters. The fourth-order valence-corrected chi connectivity index (χ4v) is 1.80. The van der Waals surface area contributed by atoms with Crippen LogP contribution in [-0.2, 0) is 4.74 Å². The molecule has 0 amide bonds. The lowest BCUT2D eigenvalue weighted by Crippen LogP contribution is -2.18. The van der Waals surface area contributed by atoms with Gasteiger partial charge in [-0.25, -0.2) is 0 Å². The van der Waals surface area contributed by atoms with Crippen molar-refractivity contribution in [2.75, 3.05) is 18.5 Å². The standard InChI is InChI=1S/C12H17NO/c1-10-5-2-3-7-12(10)13-9-11-6-4-8-14-11/h2-3,5,7,11,13H,4,6,8-9H2,1H3/t11-/m0/s1. The minimum absolute atomic E-state index is 0.412. The summed E-state index contributed by atoms with van der Waals surface area (Å²) in [5.74, 6) is 0. The van der Waals surface area contributed by atoms with Gasteiger partial charge in [0.2, 0.25) is 0 Å². The quantitative estimate of drug-likeness (QED) is 0.793. The van der Waals surface area contributed by atoms with Gasteiger partial charge in [0.05, 0.1) is 6.10 Å². The van der Waals surface area contributed by atoms with Crippen molar-refractivity contribution >= 4 is 5.69 Å². The first-order chi connectivity index (χ1) is 6.86. The third-order valence-electron chi connectivity index (χ3n) is 2.69. The Balaban J connectivity index is 1.88. The van der Waals surface area contributed by atoms with Crippen LogP contribution in [0.15, 0.2) is 24.3 Å². The van der Waals surface area contributed by atoms with Gasteiger partial charge in [0.15, 0.2) is 0 Å². The monoisotopic (exact) mass is 191 g/mol. The molecule has 0 radical (unpaired) electrons. The molecule has 0 aromatic heterocycles. The molecular formula is C12H17NO. The smallest absolute Gasteiger partial charge is 0.0748 e. The maximum Gasteiger partial charge on any atom is 0.0748 e. The molecule has 0 spiro atoms. The van der Waals surface area contributed by atoms with E-state index in [9.17, 15) is 0 Å². The summed E-state index contributed by atoms with van der Waals surface area (Å²) in [7, 11) is 0. The minimum Gasteiger partial charge on any atom is -0.382 e. The number of benzene rings is 1. The van der Waals surface area contributed by atoms with Crippen molar-refractivity contribution in [2.45, 2.75) is 25.9 Å². The van der Waals surface area contributed by atoms with Crippen molar-refractivity contribution in [2.24, 2.45) is 0 Å². The summed E-state index contributed by atoms with van der Waals surface area (Å²) >= 11 is 0.